The van der Waals surface area contributed by atoms with E-state index in [1.807, 2.05) is 42.1 Å². The first-order chi connectivity index (χ1) is 9.09. The molecule has 1 aromatic carbocycles. The number of benzene rings is 1. The van der Waals surface area contributed by atoms with Crippen molar-refractivity contribution in [2.24, 2.45) is 18.7 Å². The quantitative estimate of drug-likeness (QED) is 0.897. The maximum absolute atomic E-state index is 6.02. The third-order valence-corrected chi connectivity index (χ3v) is 3.27. The van der Waals surface area contributed by atoms with Crippen molar-refractivity contribution in [2.75, 3.05) is 6.61 Å². The number of aryl methyl sites for hydroxylation is 1. The molecule has 4 nitrogen and oxygen atoms in total. The van der Waals surface area contributed by atoms with Gasteiger partial charge in [-0.3, -0.25) is 4.68 Å². The van der Waals surface area contributed by atoms with E-state index in [2.05, 4.69) is 18.9 Å². The van der Waals surface area contributed by atoms with Crippen molar-refractivity contribution in [3.63, 3.8) is 0 Å². The summed E-state index contributed by atoms with van der Waals surface area (Å²) in [6.45, 7) is 4.72. The largest absolute Gasteiger partial charge is 0.491 e. The summed E-state index contributed by atoms with van der Waals surface area (Å²) in [4.78, 5) is 0. The van der Waals surface area contributed by atoms with Crippen molar-refractivity contribution in [3.05, 3.63) is 36.5 Å². The predicted molar refractivity (Wildman–Crippen MR) is 77.0 cm³/mol. The molecule has 2 rings (SSSR count). The van der Waals surface area contributed by atoms with Crippen LogP contribution >= 0.6 is 0 Å². The Morgan fingerprint density at radius 2 is 2.00 bits per heavy atom. The second-order valence-corrected chi connectivity index (χ2v) is 5.06. The second-order valence-electron chi connectivity index (χ2n) is 5.06. The molecule has 0 aliphatic heterocycles. The van der Waals surface area contributed by atoms with Crippen LogP contribution in [0.25, 0.3) is 11.3 Å². The van der Waals surface area contributed by atoms with Gasteiger partial charge in [0.1, 0.15) is 12.4 Å². The molecular weight excluding hydrogens is 238 g/mol. The van der Waals surface area contributed by atoms with Crippen molar-refractivity contribution in [1.29, 1.82) is 0 Å². The second kappa shape index (κ2) is 5.89. The van der Waals surface area contributed by atoms with E-state index in [0.717, 1.165) is 17.0 Å². The van der Waals surface area contributed by atoms with E-state index in [-0.39, 0.29) is 6.04 Å². The number of aromatic nitrogens is 2. The molecule has 0 fully saturated rings. The highest BCUT2D eigenvalue weighted by Gasteiger charge is 2.12. The molecule has 1 atom stereocenters. The van der Waals surface area contributed by atoms with Crippen LogP contribution in [0.1, 0.15) is 13.8 Å². The van der Waals surface area contributed by atoms with E-state index in [4.69, 9.17) is 10.5 Å². The first-order valence-corrected chi connectivity index (χ1v) is 6.55. The highest BCUT2D eigenvalue weighted by atomic mass is 16.5. The summed E-state index contributed by atoms with van der Waals surface area (Å²) in [5.41, 5.74) is 8.10. The number of ether oxygens (including phenoxy) is 1. The maximum Gasteiger partial charge on any atom is 0.128 e. The average Bonchev–Trinajstić information content (AvgIpc) is 2.82. The van der Waals surface area contributed by atoms with Crippen LogP contribution in [0.15, 0.2) is 36.5 Å². The van der Waals surface area contributed by atoms with Crippen molar-refractivity contribution < 1.29 is 4.74 Å². The first-order valence-electron chi connectivity index (χ1n) is 6.55. The molecule has 0 bridgehead atoms. The molecule has 1 heterocycles. The molecule has 0 radical (unpaired) electrons. The van der Waals surface area contributed by atoms with Crippen LogP contribution < -0.4 is 10.5 Å². The Labute approximate surface area is 114 Å². The van der Waals surface area contributed by atoms with Crippen LogP contribution in [0.5, 0.6) is 5.75 Å². The number of hydrogen-bond donors (Lipinski definition) is 1. The van der Waals surface area contributed by atoms with E-state index in [1.54, 1.807) is 6.20 Å². The molecule has 2 aromatic rings. The van der Waals surface area contributed by atoms with Gasteiger partial charge < -0.3 is 10.5 Å². The number of para-hydroxylation sites is 1. The minimum absolute atomic E-state index is 0.0413. The smallest absolute Gasteiger partial charge is 0.128 e. The summed E-state index contributed by atoms with van der Waals surface area (Å²) in [6.07, 6.45) is 1.78. The fourth-order valence-corrected chi connectivity index (χ4v) is 1.82. The number of hydrogen-bond acceptors (Lipinski definition) is 3. The summed E-state index contributed by atoms with van der Waals surface area (Å²) >= 11 is 0. The lowest BCUT2D eigenvalue weighted by atomic mass is 10.1. The normalized spacial score (nSPS) is 12.7. The highest BCUT2D eigenvalue weighted by Crippen LogP contribution is 2.29. The zero-order valence-corrected chi connectivity index (χ0v) is 11.7. The summed E-state index contributed by atoms with van der Waals surface area (Å²) in [7, 11) is 1.92. The van der Waals surface area contributed by atoms with Crippen LogP contribution in [0.3, 0.4) is 0 Å². The van der Waals surface area contributed by atoms with Crippen molar-refractivity contribution in [3.8, 4) is 17.0 Å². The molecule has 0 amide bonds. The fourth-order valence-electron chi connectivity index (χ4n) is 1.82. The Hall–Kier alpha value is -1.81. The van der Waals surface area contributed by atoms with E-state index in [1.165, 1.54) is 0 Å². The molecule has 1 aromatic heterocycles. The molecule has 0 aliphatic carbocycles. The van der Waals surface area contributed by atoms with E-state index >= 15 is 0 Å². The SMILES string of the molecule is CC(C)[C@H](N)COc1ccccc1-c1ccnn1C. The van der Waals surface area contributed by atoms with Crippen LogP contribution in [0.4, 0.5) is 0 Å². The molecule has 0 aliphatic rings. The molecule has 4 heteroatoms. The Balaban J connectivity index is 2.20. The summed E-state index contributed by atoms with van der Waals surface area (Å²) in [6, 6.07) is 9.99. The van der Waals surface area contributed by atoms with Gasteiger partial charge in [-0.2, -0.15) is 5.10 Å². The molecule has 0 spiro atoms. The zero-order valence-electron chi connectivity index (χ0n) is 11.7. The third-order valence-electron chi connectivity index (χ3n) is 3.27. The highest BCUT2D eigenvalue weighted by molar-refractivity contribution is 5.67. The van der Waals surface area contributed by atoms with Gasteiger partial charge in [0, 0.05) is 24.8 Å². The van der Waals surface area contributed by atoms with Crippen LogP contribution in [-0.4, -0.2) is 22.4 Å². The minimum Gasteiger partial charge on any atom is -0.491 e. The Morgan fingerprint density at radius 1 is 1.26 bits per heavy atom. The van der Waals surface area contributed by atoms with Gasteiger partial charge in [0.05, 0.1) is 5.69 Å². The monoisotopic (exact) mass is 259 g/mol. The maximum atomic E-state index is 6.02. The van der Waals surface area contributed by atoms with Gasteiger partial charge in [-0.1, -0.05) is 26.0 Å². The van der Waals surface area contributed by atoms with E-state index in [9.17, 15) is 0 Å². The predicted octanol–water partition coefficient (Wildman–Crippen LogP) is 2.45. The van der Waals surface area contributed by atoms with Gasteiger partial charge in [-0.05, 0) is 24.1 Å². The van der Waals surface area contributed by atoms with Gasteiger partial charge in [0.15, 0.2) is 0 Å². The Kier molecular flexibility index (Phi) is 4.22. The first kappa shape index (κ1) is 13.6. The van der Waals surface area contributed by atoms with E-state index < -0.39 is 0 Å². The lowest BCUT2D eigenvalue weighted by Gasteiger charge is -2.18. The molecular formula is C15H21N3O. The third kappa shape index (κ3) is 3.15. The van der Waals surface area contributed by atoms with Gasteiger partial charge in [0.25, 0.3) is 0 Å². The van der Waals surface area contributed by atoms with Gasteiger partial charge in [-0.25, -0.2) is 0 Å². The lowest BCUT2D eigenvalue weighted by molar-refractivity contribution is 0.260. The Bertz CT molecular complexity index is 534. The fraction of sp³-hybridized carbons (Fsp3) is 0.400. The summed E-state index contributed by atoms with van der Waals surface area (Å²) in [5, 5.41) is 4.19. The van der Waals surface area contributed by atoms with Gasteiger partial charge in [0.2, 0.25) is 0 Å². The van der Waals surface area contributed by atoms with Crippen LogP contribution in [0, 0.1) is 5.92 Å². The standard InChI is InChI=1S/C15H21N3O/c1-11(2)13(16)10-19-15-7-5-4-6-12(15)14-8-9-17-18(14)3/h4-9,11,13H,10,16H2,1-3H3/t13-/m1/s1. The average molecular weight is 259 g/mol. The Morgan fingerprint density at radius 3 is 2.63 bits per heavy atom. The molecule has 0 unspecified atom stereocenters. The van der Waals surface area contributed by atoms with Crippen molar-refractivity contribution in [1.82, 2.24) is 9.78 Å². The van der Waals surface area contributed by atoms with E-state index in [0.29, 0.717) is 12.5 Å². The molecule has 0 saturated heterocycles. The molecule has 19 heavy (non-hydrogen) atoms. The molecule has 102 valence electrons. The summed E-state index contributed by atoms with van der Waals surface area (Å²) in [5.74, 6) is 1.26. The van der Waals surface area contributed by atoms with Crippen molar-refractivity contribution >= 4 is 0 Å². The van der Waals surface area contributed by atoms with Crippen LogP contribution in [-0.2, 0) is 7.05 Å². The molecule has 0 saturated carbocycles. The minimum atomic E-state index is 0.0413. The zero-order chi connectivity index (χ0) is 13.8. The van der Waals surface area contributed by atoms with Gasteiger partial charge >= 0.3 is 0 Å². The van der Waals surface area contributed by atoms with Crippen LogP contribution in [0.2, 0.25) is 0 Å². The molecule has 2 N–H and O–H groups in total. The van der Waals surface area contributed by atoms with Gasteiger partial charge in [-0.15, -0.1) is 0 Å². The number of nitrogens with zero attached hydrogens (tertiary/aromatic N) is 2. The topological polar surface area (TPSA) is 53.1 Å². The lowest BCUT2D eigenvalue weighted by Crippen LogP contribution is -2.33. The summed E-state index contributed by atoms with van der Waals surface area (Å²) < 4.78 is 7.71. The number of nitrogens with two attached hydrogens (primary N) is 1. The number of rotatable bonds is 5. The van der Waals surface area contributed by atoms with Crippen molar-refractivity contribution in [2.45, 2.75) is 19.9 Å².